The summed E-state index contributed by atoms with van der Waals surface area (Å²) in [5.74, 6) is 2.58. The van der Waals surface area contributed by atoms with Gasteiger partial charge in [0.15, 0.2) is 0 Å². The van der Waals surface area contributed by atoms with E-state index in [0.29, 0.717) is 6.42 Å². The van der Waals surface area contributed by atoms with Gasteiger partial charge in [-0.25, -0.2) is 0 Å². The Morgan fingerprint density at radius 2 is 2.08 bits per heavy atom. The lowest BCUT2D eigenvalue weighted by Crippen LogP contribution is -2.35. The molecule has 1 N–H and O–H groups in total. The molecule has 0 heterocycles. The zero-order valence-corrected chi connectivity index (χ0v) is 8.98. The van der Waals surface area contributed by atoms with E-state index in [4.69, 9.17) is 6.42 Å². The van der Waals surface area contributed by atoms with Crippen molar-refractivity contribution in [3.63, 3.8) is 0 Å². The molecule has 0 saturated carbocycles. The molecule has 1 amide bonds. The van der Waals surface area contributed by atoms with E-state index in [1.54, 1.807) is 0 Å². The number of amides is 1. The van der Waals surface area contributed by atoms with Crippen LogP contribution in [0.1, 0.15) is 40.5 Å². The number of terminal acetylenes is 1. The van der Waals surface area contributed by atoms with Crippen LogP contribution in [0.2, 0.25) is 0 Å². The van der Waals surface area contributed by atoms with Crippen LogP contribution in [0.5, 0.6) is 0 Å². The molecule has 13 heavy (non-hydrogen) atoms. The minimum absolute atomic E-state index is 0.0248. The van der Waals surface area contributed by atoms with Crippen molar-refractivity contribution < 1.29 is 4.79 Å². The predicted octanol–water partition coefficient (Wildman–Crippen LogP) is 1.95. The number of rotatable bonds is 3. The van der Waals surface area contributed by atoms with Crippen LogP contribution in [0.4, 0.5) is 0 Å². The molecule has 0 aromatic carbocycles. The molecular weight excluding hydrogens is 162 g/mol. The van der Waals surface area contributed by atoms with Crippen LogP contribution in [0.3, 0.4) is 0 Å². The van der Waals surface area contributed by atoms with Gasteiger partial charge < -0.3 is 5.32 Å². The molecule has 0 aromatic heterocycles. The Hall–Kier alpha value is -0.970. The summed E-state index contributed by atoms with van der Waals surface area (Å²) in [5, 5.41) is 2.80. The molecule has 0 bridgehead atoms. The number of nitrogens with one attached hydrogen (secondary N) is 1. The van der Waals surface area contributed by atoms with E-state index in [-0.39, 0.29) is 17.4 Å². The van der Waals surface area contributed by atoms with E-state index in [9.17, 15) is 4.79 Å². The summed E-state index contributed by atoms with van der Waals surface area (Å²) in [5.41, 5.74) is 0.0248. The molecule has 0 aliphatic rings. The first-order chi connectivity index (χ1) is 5.89. The lowest BCUT2D eigenvalue weighted by atomic mass is 9.92. The number of carbonyl (C=O) groups excluding carboxylic acids is 1. The van der Waals surface area contributed by atoms with Crippen LogP contribution in [0.15, 0.2) is 0 Å². The zero-order chi connectivity index (χ0) is 10.5. The van der Waals surface area contributed by atoms with E-state index in [1.807, 2.05) is 27.7 Å². The van der Waals surface area contributed by atoms with Gasteiger partial charge >= 0.3 is 0 Å². The summed E-state index contributed by atoms with van der Waals surface area (Å²) in [6.45, 7) is 8.05. The Morgan fingerprint density at radius 1 is 1.54 bits per heavy atom. The van der Waals surface area contributed by atoms with Gasteiger partial charge in [-0.05, 0) is 11.8 Å². The van der Waals surface area contributed by atoms with Crippen LogP contribution in [0, 0.1) is 17.8 Å². The average molecular weight is 181 g/mol. The van der Waals surface area contributed by atoms with Crippen molar-refractivity contribution in [1.29, 1.82) is 0 Å². The molecule has 1 unspecified atom stereocenters. The van der Waals surface area contributed by atoms with Gasteiger partial charge in [0.1, 0.15) is 0 Å². The van der Waals surface area contributed by atoms with Gasteiger partial charge in [-0.3, -0.25) is 4.79 Å². The molecule has 0 saturated heterocycles. The lowest BCUT2D eigenvalue weighted by molar-refractivity contribution is -0.123. The fourth-order valence-corrected chi connectivity index (χ4v) is 0.989. The van der Waals surface area contributed by atoms with Crippen LogP contribution in [-0.2, 0) is 4.79 Å². The maximum atomic E-state index is 11.4. The standard InChI is InChI=1S/C11H19NO/c1-6-9(7-2)12-10(13)8-11(3,4)5/h1,9H,7-8H2,2-5H3,(H,12,13). The maximum Gasteiger partial charge on any atom is 0.221 e. The minimum atomic E-state index is -0.116. The Balaban J connectivity index is 3.96. The highest BCUT2D eigenvalue weighted by atomic mass is 16.1. The van der Waals surface area contributed by atoms with Crippen LogP contribution in [-0.4, -0.2) is 11.9 Å². The summed E-state index contributed by atoms with van der Waals surface area (Å²) in [6, 6.07) is -0.116. The SMILES string of the molecule is C#CC(CC)NC(=O)CC(C)(C)C. The van der Waals surface area contributed by atoms with E-state index in [0.717, 1.165) is 6.42 Å². The van der Waals surface area contributed by atoms with Gasteiger partial charge in [0.25, 0.3) is 0 Å². The molecule has 0 fully saturated rings. The molecule has 1 atom stereocenters. The van der Waals surface area contributed by atoms with Gasteiger partial charge in [-0.2, -0.15) is 0 Å². The molecule has 0 spiro atoms. The second-order valence-electron chi connectivity index (χ2n) is 4.43. The zero-order valence-electron chi connectivity index (χ0n) is 8.98. The van der Waals surface area contributed by atoms with Crippen molar-refractivity contribution in [2.45, 2.75) is 46.6 Å². The molecule has 0 aromatic rings. The molecule has 0 aliphatic carbocycles. The lowest BCUT2D eigenvalue weighted by Gasteiger charge is -2.19. The second-order valence-corrected chi connectivity index (χ2v) is 4.43. The molecular formula is C11H19NO. The van der Waals surface area contributed by atoms with E-state index in [1.165, 1.54) is 0 Å². The van der Waals surface area contributed by atoms with Crippen molar-refractivity contribution in [2.24, 2.45) is 5.41 Å². The summed E-state index contributed by atoms with van der Waals surface area (Å²) >= 11 is 0. The van der Waals surface area contributed by atoms with Crippen molar-refractivity contribution in [3.8, 4) is 12.3 Å². The smallest absolute Gasteiger partial charge is 0.221 e. The van der Waals surface area contributed by atoms with Crippen molar-refractivity contribution in [2.75, 3.05) is 0 Å². The van der Waals surface area contributed by atoms with Crippen molar-refractivity contribution in [3.05, 3.63) is 0 Å². The molecule has 74 valence electrons. The van der Waals surface area contributed by atoms with Gasteiger partial charge in [-0.1, -0.05) is 33.6 Å². The second kappa shape index (κ2) is 4.91. The van der Waals surface area contributed by atoms with Gasteiger partial charge in [-0.15, -0.1) is 6.42 Å². The summed E-state index contributed by atoms with van der Waals surface area (Å²) in [7, 11) is 0. The Labute approximate surface area is 81.1 Å². The minimum Gasteiger partial charge on any atom is -0.342 e. The topological polar surface area (TPSA) is 29.1 Å². The molecule has 0 rings (SSSR count). The van der Waals surface area contributed by atoms with E-state index in [2.05, 4.69) is 11.2 Å². The first-order valence-electron chi connectivity index (χ1n) is 4.64. The Kier molecular flexibility index (Phi) is 4.55. The number of hydrogen-bond acceptors (Lipinski definition) is 1. The number of hydrogen-bond donors (Lipinski definition) is 1. The quantitative estimate of drug-likeness (QED) is 0.662. The predicted molar refractivity (Wildman–Crippen MR) is 55.1 cm³/mol. The summed E-state index contributed by atoms with van der Waals surface area (Å²) in [4.78, 5) is 11.4. The normalized spacial score (nSPS) is 13.2. The summed E-state index contributed by atoms with van der Waals surface area (Å²) < 4.78 is 0. The Morgan fingerprint density at radius 3 is 2.38 bits per heavy atom. The van der Waals surface area contributed by atoms with Crippen molar-refractivity contribution >= 4 is 5.91 Å². The molecule has 2 nitrogen and oxygen atoms in total. The third-order valence-corrected chi connectivity index (χ3v) is 1.64. The summed E-state index contributed by atoms with van der Waals surface area (Å²) in [6.07, 6.45) is 6.53. The van der Waals surface area contributed by atoms with Crippen LogP contribution < -0.4 is 5.32 Å². The fourth-order valence-electron chi connectivity index (χ4n) is 0.989. The van der Waals surface area contributed by atoms with Gasteiger partial charge in [0.2, 0.25) is 5.91 Å². The van der Waals surface area contributed by atoms with E-state index < -0.39 is 0 Å². The third kappa shape index (κ3) is 6.21. The largest absolute Gasteiger partial charge is 0.342 e. The van der Waals surface area contributed by atoms with Crippen LogP contribution >= 0.6 is 0 Å². The first-order valence-corrected chi connectivity index (χ1v) is 4.64. The van der Waals surface area contributed by atoms with Gasteiger partial charge in [0.05, 0.1) is 6.04 Å². The fraction of sp³-hybridized carbons (Fsp3) is 0.727. The highest BCUT2D eigenvalue weighted by molar-refractivity contribution is 5.77. The van der Waals surface area contributed by atoms with Crippen molar-refractivity contribution in [1.82, 2.24) is 5.32 Å². The highest BCUT2D eigenvalue weighted by Crippen LogP contribution is 2.17. The molecule has 0 aliphatic heterocycles. The monoisotopic (exact) mass is 181 g/mol. The third-order valence-electron chi connectivity index (χ3n) is 1.64. The average Bonchev–Trinajstić information content (AvgIpc) is 1.96. The molecule has 2 heteroatoms. The number of carbonyl (C=O) groups is 1. The highest BCUT2D eigenvalue weighted by Gasteiger charge is 2.17. The van der Waals surface area contributed by atoms with Gasteiger partial charge in [0, 0.05) is 6.42 Å². The molecule has 0 radical (unpaired) electrons. The van der Waals surface area contributed by atoms with E-state index >= 15 is 0 Å². The van der Waals surface area contributed by atoms with Crippen LogP contribution in [0.25, 0.3) is 0 Å². The first kappa shape index (κ1) is 12.0. The Bertz CT molecular complexity index is 207. The maximum absolute atomic E-state index is 11.4.